The molecule has 1 saturated carbocycles. The molecule has 20 heavy (non-hydrogen) atoms. The van der Waals surface area contributed by atoms with Crippen LogP contribution in [0.25, 0.3) is 0 Å². The maximum atomic E-state index is 12.8. The number of benzene rings is 1. The Hall–Kier alpha value is -1.34. The zero-order valence-corrected chi connectivity index (χ0v) is 12.8. The molecule has 2 rings (SSSR count). The van der Waals surface area contributed by atoms with Crippen LogP contribution in [0.15, 0.2) is 6.07 Å². The lowest BCUT2D eigenvalue weighted by Gasteiger charge is -2.17. The minimum atomic E-state index is -0.195. The van der Waals surface area contributed by atoms with Crippen LogP contribution >= 0.6 is 8.86 Å². The molecule has 0 radical (unpaired) electrons. The van der Waals surface area contributed by atoms with E-state index in [1.165, 1.54) is 18.9 Å². The van der Waals surface area contributed by atoms with Crippen LogP contribution in [0.1, 0.15) is 60.0 Å². The summed E-state index contributed by atoms with van der Waals surface area (Å²) in [4.78, 5) is 12.8. The van der Waals surface area contributed by atoms with Gasteiger partial charge in [-0.3, -0.25) is 4.79 Å². The summed E-state index contributed by atoms with van der Waals surface area (Å²) < 4.78 is 0. The second kappa shape index (κ2) is 6.41. The van der Waals surface area contributed by atoms with Gasteiger partial charge in [0.05, 0.1) is 0 Å². The lowest BCUT2D eigenvalue weighted by atomic mass is 9.86. The number of carbonyl (C=O) groups is 1. The van der Waals surface area contributed by atoms with E-state index in [-0.39, 0.29) is 23.2 Å². The number of hydrogen-bond donors (Lipinski definition) is 2. The van der Waals surface area contributed by atoms with Crippen molar-refractivity contribution >= 4 is 20.4 Å². The maximum Gasteiger partial charge on any atom is 0.166 e. The van der Waals surface area contributed by atoms with E-state index in [2.05, 4.69) is 8.86 Å². The normalized spacial score (nSPS) is 16.6. The molecule has 0 aliphatic heterocycles. The molecule has 0 atom stereocenters. The van der Waals surface area contributed by atoms with E-state index in [1.54, 1.807) is 12.7 Å². The van der Waals surface area contributed by atoms with Crippen molar-refractivity contribution in [1.82, 2.24) is 0 Å². The fourth-order valence-electron chi connectivity index (χ4n) is 3.00. The number of hydrogen-bond acceptors (Lipinski definition) is 3. The molecular formula is C16H21O3P. The van der Waals surface area contributed by atoms with Crippen molar-refractivity contribution in [2.24, 2.45) is 5.92 Å². The van der Waals surface area contributed by atoms with Crippen LogP contribution in [0.2, 0.25) is 0 Å². The van der Waals surface area contributed by atoms with Gasteiger partial charge in [0.25, 0.3) is 0 Å². The van der Waals surface area contributed by atoms with Crippen molar-refractivity contribution in [3.63, 3.8) is 0 Å². The van der Waals surface area contributed by atoms with E-state index in [9.17, 15) is 15.0 Å². The summed E-state index contributed by atoms with van der Waals surface area (Å²) in [7, 11) is 3.29. The van der Waals surface area contributed by atoms with Gasteiger partial charge >= 0.3 is 0 Å². The molecule has 1 aliphatic carbocycles. The van der Waals surface area contributed by atoms with Crippen LogP contribution < -0.4 is 0 Å². The second-order valence-corrected chi connectivity index (χ2v) is 5.82. The number of carbonyl (C=O) groups excluding carboxylic acids is 1. The Morgan fingerprint density at radius 3 is 2.40 bits per heavy atom. The fourth-order valence-corrected chi connectivity index (χ4v) is 3.23. The Bertz CT molecular complexity index is 529. The van der Waals surface area contributed by atoms with E-state index in [0.717, 1.165) is 25.7 Å². The second-order valence-electron chi connectivity index (χ2n) is 5.53. The molecule has 0 heterocycles. The summed E-state index contributed by atoms with van der Waals surface area (Å²) in [5.41, 5.74) is 1.62. The van der Waals surface area contributed by atoms with Crippen LogP contribution in [0.5, 0.6) is 11.5 Å². The minimum absolute atomic E-state index is 0.0329. The van der Waals surface area contributed by atoms with Crippen molar-refractivity contribution in [3.05, 3.63) is 22.8 Å². The lowest BCUT2D eigenvalue weighted by molar-refractivity contribution is 0.0906. The third-order valence-corrected chi connectivity index (χ3v) is 4.49. The molecule has 1 aliphatic rings. The van der Waals surface area contributed by atoms with Crippen molar-refractivity contribution < 1.29 is 15.0 Å². The molecule has 1 aromatic rings. The van der Waals surface area contributed by atoms with E-state index >= 15 is 0 Å². The Balaban J connectivity index is 2.42. The van der Waals surface area contributed by atoms with Gasteiger partial charge in [-0.05, 0) is 37.2 Å². The van der Waals surface area contributed by atoms with Crippen molar-refractivity contribution in [2.45, 2.75) is 45.4 Å². The molecule has 2 N–H and O–H groups in total. The fraction of sp³-hybridized carbons (Fsp3) is 0.500. The number of rotatable bonds is 3. The van der Waals surface area contributed by atoms with Crippen LogP contribution in [-0.4, -0.2) is 21.8 Å². The SMILES string of the molecule is Cc1c(O)c(O)cc(C=P)c1C(=O)C1CCCCCC1. The maximum absolute atomic E-state index is 12.8. The van der Waals surface area contributed by atoms with Gasteiger partial charge in [0.2, 0.25) is 0 Å². The molecule has 3 nitrogen and oxygen atoms in total. The summed E-state index contributed by atoms with van der Waals surface area (Å²) in [5, 5.41) is 19.5. The number of phenols is 2. The van der Waals surface area contributed by atoms with Gasteiger partial charge in [-0.25, -0.2) is 0 Å². The van der Waals surface area contributed by atoms with Gasteiger partial charge in [-0.15, -0.1) is 8.86 Å². The predicted molar refractivity (Wildman–Crippen MR) is 83.5 cm³/mol. The van der Waals surface area contributed by atoms with Gasteiger partial charge in [-0.2, -0.15) is 0 Å². The highest BCUT2D eigenvalue weighted by Gasteiger charge is 2.26. The lowest BCUT2D eigenvalue weighted by Crippen LogP contribution is -2.17. The van der Waals surface area contributed by atoms with Crippen LogP contribution in [0.3, 0.4) is 0 Å². The topological polar surface area (TPSA) is 57.5 Å². The first-order valence-corrected chi connectivity index (χ1v) is 7.74. The summed E-state index contributed by atoms with van der Waals surface area (Å²) in [6, 6.07) is 1.43. The largest absolute Gasteiger partial charge is 0.504 e. The molecule has 0 spiro atoms. The van der Waals surface area contributed by atoms with Gasteiger partial charge in [-0.1, -0.05) is 25.7 Å². The zero-order chi connectivity index (χ0) is 14.7. The third-order valence-electron chi connectivity index (χ3n) is 4.18. The van der Waals surface area contributed by atoms with E-state index < -0.39 is 0 Å². The highest BCUT2D eigenvalue weighted by molar-refractivity contribution is 7.19. The molecule has 1 fully saturated rings. The van der Waals surface area contributed by atoms with Crippen molar-refractivity contribution in [3.8, 4) is 11.5 Å². The number of phenolic OH excluding ortho intramolecular Hbond substituents is 2. The smallest absolute Gasteiger partial charge is 0.166 e. The first kappa shape index (κ1) is 15.1. The Kier molecular flexibility index (Phi) is 4.82. The molecule has 108 valence electrons. The Morgan fingerprint density at radius 1 is 1.25 bits per heavy atom. The zero-order valence-electron chi connectivity index (χ0n) is 11.8. The van der Waals surface area contributed by atoms with Crippen LogP contribution in [0.4, 0.5) is 0 Å². The van der Waals surface area contributed by atoms with Gasteiger partial charge in [0.15, 0.2) is 17.3 Å². The predicted octanol–water partition coefficient (Wildman–Crippen LogP) is 3.85. The summed E-state index contributed by atoms with van der Waals surface area (Å²) in [6.07, 6.45) is 6.41. The van der Waals surface area contributed by atoms with E-state index in [1.807, 2.05) is 0 Å². The number of ketones is 1. The molecule has 0 saturated heterocycles. The van der Waals surface area contributed by atoms with Gasteiger partial charge < -0.3 is 10.2 Å². The molecular weight excluding hydrogens is 271 g/mol. The third kappa shape index (κ3) is 2.88. The summed E-state index contributed by atoms with van der Waals surface area (Å²) >= 11 is 0. The first-order valence-electron chi connectivity index (χ1n) is 7.16. The number of aromatic hydroxyl groups is 2. The quantitative estimate of drug-likeness (QED) is 0.385. The van der Waals surface area contributed by atoms with Crippen molar-refractivity contribution in [1.29, 1.82) is 0 Å². The average Bonchev–Trinajstić information content (AvgIpc) is 2.72. The Morgan fingerprint density at radius 2 is 1.85 bits per heavy atom. The molecule has 0 bridgehead atoms. The van der Waals surface area contributed by atoms with Crippen LogP contribution in [-0.2, 0) is 0 Å². The molecule has 0 amide bonds. The summed E-state index contributed by atoms with van der Waals surface area (Å²) in [6.45, 7) is 1.68. The molecule has 0 aromatic heterocycles. The van der Waals surface area contributed by atoms with Gasteiger partial charge in [0, 0.05) is 17.0 Å². The van der Waals surface area contributed by atoms with E-state index in [4.69, 9.17) is 0 Å². The Labute approximate surface area is 121 Å². The molecule has 1 aromatic carbocycles. The highest BCUT2D eigenvalue weighted by Crippen LogP contribution is 2.36. The number of Topliss-reactive ketones (excluding diaryl/α,β-unsaturated/α-hetero) is 1. The van der Waals surface area contributed by atoms with Crippen molar-refractivity contribution in [2.75, 3.05) is 0 Å². The molecule has 0 unspecified atom stereocenters. The van der Waals surface area contributed by atoms with Crippen LogP contribution in [0, 0.1) is 12.8 Å². The monoisotopic (exact) mass is 292 g/mol. The average molecular weight is 292 g/mol. The highest BCUT2D eigenvalue weighted by atomic mass is 31.0. The first-order chi connectivity index (χ1) is 9.56. The minimum Gasteiger partial charge on any atom is -0.504 e. The summed E-state index contributed by atoms with van der Waals surface area (Å²) in [5.74, 6) is 1.36. The van der Waals surface area contributed by atoms with E-state index in [0.29, 0.717) is 16.7 Å². The van der Waals surface area contributed by atoms with Gasteiger partial charge in [0.1, 0.15) is 0 Å². The standard InChI is InChI=1S/C16H21O3P/c1-10-14(12(9-20)8-13(17)15(10)18)16(19)11-6-4-2-3-5-7-11/h8-9,11,17-18,20H,2-7H2,1H3. The molecule has 4 heteroatoms.